The predicted molar refractivity (Wildman–Crippen MR) is 386 cm³/mol. The molecule has 0 atom stereocenters. The molecule has 0 radical (unpaired) electrons. The van der Waals surface area contributed by atoms with Crippen LogP contribution in [0, 0.1) is 52.4 Å². The molecule has 0 N–H and O–H groups in total. The molecule has 0 bridgehead atoms. The number of alkyl halides is 3. The first kappa shape index (κ1) is 89.7. The Morgan fingerprint density at radius 2 is 0.356 bits per heavy atom. The summed E-state index contributed by atoms with van der Waals surface area (Å²) in [6.07, 6.45) is 0. The zero-order valence-electron chi connectivity index (χ0n) is 51.2. The van der Waals surface area contributed by atoms with Gasteiger partial charge in [0.05, 0.1) is 23.8 Å². The third-order valence-corrected chi connectivity index (χ3v) is 23.3. The first-order valence-electron chi connectivity index (χ1n) is 28.3. The second-order valence-corrected chi connectivity index (χ2v) is 31.5. The van der Waals surface area contributed by atoms with Gasteiger partial charge in [-0.2, -0.15) is 27.9 Å². The zero-order chi connectivity index (χ0) is 71.5. The number of rotatable bonds is 9. The molecule has 101 heavy (non-hydrogen) atoms. The molecule has 0 aliphatic heterocycles. The van der Waals surface area contributed by atoms with Crippen LogP contribution < -0.4 is 47.7 Å². The molecule has 534 valence electrons. The van der Waals surface area contributed by atoms with Crippen LogP contribution in [0.25, 0.3) is 0 Å². The average molecular weight is 1850 g/mol. The molecule has 0 unspecified atom stereocenters. The van der Waals surface area contributed by atoms with E-state index >= 15 is 0 Å². The van der Waals surface area contributed by atoms with Crippen molar-refractivity contribution in [3.63, 3.8) is 0 Å². The minimum absolute atomic E-state index is 0. The van der Waals surface area contributed by atoms with Crippen molar-refractivity contribution in [3.8, 4) is 0 Å². The van der Waals surface area contributed by atoms with Crippen LogP contribution in [0.1, 0.15) is 0 Å². The molecular weight excluding hydrogens is 1800 g/mol. The normalized spacial score (nSPS) is 10.4. The molecule has 0 spiro atoms. The van der Waals surface area contributed by atoms with Crippen molar-refractivity contribution < 1.29 is 127 Å². The number of benzene rings is 12. The maximum atomic E-state index is 13.2. The molecule has 28 heteroatoms. The van der Waals surface area contributed by atoms with Gasteiger partial charge in [0, 0.05) is 55.9 Å². The van der Waals surface area contributed by atoms with Crippen LogP contribution in [0.5, 0.6) is 0 Å². The van der Waals surface area contributed by atoms with E-state index in [4.69, 9.17) is 85.7 Å². The standard InChI is InChI=1S/3C18H12F3P.3C6H5ClS.CHF3O3S.3Pd/c3*19-13-1-7-16(8-2-13)22(17-9-3-14(20)4-10-17)18-11-5-15(21)6-12-18;3*7-5-1-3-6(8)4-2-5;2-1(3,4)8(5,6)7;;;/h3*1-12H;3*1-4,8H;(H,5,6,7);;;/q;;;;;;;;;+2/p-1. The first-order valence-corrected chi connectivity index (χ1v) is 36.5. The predicted octanol–water partition coefficient (Wildman–Crippen LogP) is 17.6. The van der Waals surface area contributed by atoms with Gasteiger partial charge in [-0.05, 0) is 255 Å². The maximum absolute atomic E-state index is 13.2. The second-order valence-electron chi connectivity index (χ2n) is 19.9. The SMILES string of the molecule is Fc1ccc([PH+](c2ccc(F)cc2)c2ccc(F)cc2)cc1.Fc1ccc([PH+](c2ccc(F)cc2)c2ccc(F)cc2)cc1.Fc1ccc([PH+](c2ccc(F)cc2)c2ccc(F)cc2)cc1.O=S(=O)([O-])C(F)(F)F.[Pd+2].[Pd].[Pd].[S-]c1ccc(Cl)cc1.[S-]c1ccc(Cl)cc1.[S-]c1ccc(Cl)cc1. The summed E-state index contributed by atoms with van der Waals surface area (Å²) in [6.45, 7) is 0. The molecule has 0 saturated carbocycles. The molecule has 12 aromatic rings. The smallest absolute Gasteiger partial charge is 0.780 e. The van der Waals surface area contributed by atoms with Crippen LogP contribution in [-0.2, 0) is 109 Å². The van der Waals surface area contributed by atoms with Crippen LogP contribution in [0.3, 0.4) is 0 Å². The van der Waals surface area contributed by atoms with Crippen LogP contribution in [0.15, 0.2) is 306 Å². The third-order valence-electron chi connectivity index (χ3n) is 12.9. The summed E-state index contributed by atoms with van der Waals surface area (Å²) in [4.78, 5) is 2.48. The second kappa shape index (κ2) is 45.0. The maximum Gasteiger partial charge on any atom is 2.00 e. The molecule has 0 aromatic heterocycles. The Balaban J connectivity index is 0.000000321. The molecule has 0 heterocycles. The minimum atomic E-state index is -6.09. The van der Waals surface area contributed by atoms with E-state index in [9.17, 15) is 52.7 Å². The molecule has 12 rings (SSSR count). The van der Waals surface area contributed by atoms with E-state index in [1.54, 1.807) is 182 Å². The Morgan fingerprint density at radius 1 is 0.257 bits per heavy atom. The van der Waals surface area contributed by atoms with E-state index in [1.807, 2.05) is 0 Å². The molecule has 12 aromatic carbocycles. The number of halogens is 15. The van der Waals surface area contributed by atoms with Gasteiger partial charge in [-0.25, -0.2) is 47.9 Å². The Morgan fingerprint density at radius 3 is 0.436 bits per heavy atom. The summed E-state index contributed by atoms with van der Waals surface area (Å²) in [5, 5.41) is 10.9. The monoisotopic (exact) mass is 1850 g/mol. The molecule has 3 nitrogen and oxygen atoms in total. The van der Waals surface area contributed by atoms with Crippen LogP contribution >= 0.6 is 58.6 Å². The Labute approximate surface area is 653 Å². The van der Waals surface area contributed by atoms with Gasteiger partial charge in [0.2, 0.25) is 0 Å². The van der Waals surface area contributed by atoms with Gasteiger partial charge in [0.1, 0.15) is 100 Å². The van der Waals surface area contributed by atoms with Crippen molar-refractivity contribution in [2.75, 3.05) is 0 Å². The minimum Gasteiger partial charge on any atom is -0.780 e. The summed E-state index contributed by atoms with van der Waals surface area (Å²) in [7, 11) is -10.4. The van der Waals surface area contributed by atoms with Crippen molar-refractivity contribution in [1.82, 2.24) is 0 Å². The first-order chi connectivity index (χ1) is 46.5. The van der Waals surface area contributed by atoms with Crippen molar-refractivity contribution in [2.24, 2.45) is 0 Å². The van der Waals surface area contributed by atoms with Crippen molar-refractivity contribution in [2.45, 2.75) is 20.2 Å². The van der Waals surface area contributed by atoms with Gasteiger partial charge in [-0.15, -0.1) is 0 Å². The van der Waals surface area contributed by atoms with E-state index in [2.05, 4.69) is 0 Å². The Bertz CT molecular complexity index is 3660. The van der Waals surface area contributed by atoms with Gasteiger partial charge in [0.15, 0.2) is 10.1 Å². The number of hydrogen-bond donors (Lipinski definition) is 0. The summed E-state index contributed by atoms with van der Waals surface area (Å²) in [5.41, 5.74) is -5.65. The molecule has 0 aliphatic carbocycles. The van der Waals surface area contributed by atoms with Crippen molar-refractivity contribution >= 4 is 154 Å². The van der Waals surface area contributed by atoms with Gasteiger partial charge in [0.25, 0.3) is 0 Å². The van der Waals surface area contributed by atoms with Gasteiger partial charge < -0.3 is 42.4 Å². The molecule has 0 aliphatic rings. The fourth-order valence-electron chi connectivity index (χ4n) is 8.35. The van der Waals surface area contributed by atoms with E-state index in [0.29, 0.717) is 0 Å². The molecule has 0 saturated heterocycles. The fourth-order valence-corrected chi connectivity index (χ4v) is 16.6. The molecule has 0 amide bonds. The topological polar surface area (TPSA) is 57.2 Å². The summed E-state index contributed by atoms with van der Waals surface area (Å²) < 4.78 is 177. The van der Waals surface area contributed by atoms with Gasteiger partial charge in [-0.1, -0.05) is 71.2 Å². The quantitative estimate of drug-likeness (QED) is 0.0358. The zero-order valence-corrected chi connectivity index (χ0v) is 64.4. The molecular formula is C73H51Cl3F12O3P3Pd3S4+. The van der Waals surface area contributed by atoms with Gasteiger partial charge >= 0.3 is 25.9 Å². The van der Waals surface area contributed by atoms with Crippen LogP contribution in [0.2, 0.25) is 15.1 Å². The summed E-state index contributed by atoms with van der Waals surface area (Å²) >= 11 is 31.1. The summed E-state index contributed by atoms with van der Waals surface area (Å²) in [6, 6.07) is 78.1. The summed E-state index contributed by atoms with van der Waals surface area (Å²) in [5.74, 6) is -2.72. The van der Waals surface area contributed by atoms with Crippen LogP contribution in [-0.4, -0.2) is 18.5 Å². The van der Waals surface area contributed by atoms with E-state index in [0.717, 1.165) is 77.5 Å². The fraction of sp³-hybridized carbons (Fsp3) is 0.0137. The Kier molecular flexibility index (Phi) is 40.0. The largest absolute Gasteiger partial charge is 2.00 e. The molecule has 0 fully saturated rings. The number of hydrogen-bond acceptors (Lipinski definition) is 6. The van der Waals surface area contributed by atoms with E-state index in [-0.39, 0.29) is 114 Å². The third kappa shape index (κ3) is 31.8. The van der Waals surface area contributed by atoms with Crippen molar-refractivity contribution in [1.29, 1.82) is 0 Å². The van der Waals surface area contributed by atoms with Crippen LogP contribution in [0.4, 0.5) is 52.7 Å². The van der Waals surface area contributed by atoms with E-state index < -0.39 is 39.4 Å². The van der Waals surface area contributed by atoms with Crippen molar-refractivity contribution in [3.05, 3.63) is 359 Å². The Hall–Kier alpha value is -5.48. The van der Waals surface area contributed by atoms with Gasteiger partial charge in [-0.3, -0.25) is 0 Å². The average Bonchev–Trinajstić information content (AvgIpc) is 0.823. The van der Waals surface area contributed by atoms with E-state index in [1.165, 1.54) is 109 Å².